The fraction of sp³-hybridized carbons (Fsp3) is 0.700. The Morgan fingerprint density at radius 1 is 1.27 bits per heavy atom. The molecule has 0 aromatic carbocycles. The molecule has 0 fully saturated rings. The summed E-state index contributed by atoms with van der Waals surface area (Å²) in [6.07, 6.45) is 0. The van der Waals surface area contributed by atoms with Gasteiger partial charge in [-0.05, 0) is 21.0 Å². The van der Waals surface area contributed by atoms with Crippen LogP contribution in [0, 0.1) is 0 Å². The molecule has 0 N–H and O–H groups in total. The van der Waals surface area contributed by atoms with E-state index < -0.39 is 0 Å². The highest BCUT2D eigenvalue weighted by Gasteiger charge is 2.01. The zero-order valence-corrected chi connectivity index (χ0v) is 11.3. The lowest BCUT2D eigenvalue weighted by molar-refractivity contribution is -0.140. The molecule has 0 aliphatic rings. The predicted octanol–water partition coefficient (Wildman–Crippen LogP) is 1.26. The minimum absolute atomic E-state index is 0. The molecule has 4 nitrogen and oxygen atoms in total. The maximum Gasteiger partial charge on any atom is 0.333 e. The Balaban J connectivity index is 0. The van der Waals surface area contributed by atoms with Crippen LogP contribution in [-0.4, -0.2) is 51.3 Å². The van der Waals surface area contributed by atoms with E-state index in [1.807, 2.05) is 19.0 Å². The van der Waals surface area contributed by atoms with Crippen molar-refractivity contribution in [2.24, 2.45) is 0 Å². The van der Waals surface area contributed by atoms with Gasteiger partial charge < -0.3 is 14.4 Å². The summed E-state index contributed by atoms with van der Waals surface area (Å²) in [5.41, 5.74) is 0.415. The molecule has 0 heterocycles. The van der Waals surface area contributed by atoms with Crippen molar-refractivity contribution in [2.75, 3.05) is 40.5 Å². The highest BCUT2D eigenvalue weighted by atomic mass is 79.9. The van der Waals surface area contributed by atoms with Crippen molar-refractivity contribution in [1.82, 2.24) is 4.90 Å². The second kappa shape index (κ2) is 10.1. The van der Waals surface area contributed by atoms with Gasteiger partial charge in [0, 0.05) is 12.1 Å². The van der Waals surface area contributed by atoms with Crippen LogP contribution in [0.4, 0.5) is 0 Å². The molecule has 0 saturated heterocycles. The highest BCUT2D eigenvalue weighted by molar-refractivity contribution is 8.93. The lowest BCUT2D eigenvalue weighted by Crippen LogP contribution is -2.19. The van der Waals surface area contributed by atoms with Gasteiger partial charge in [-0.2, -0.15) is 0 Å². The maximum atomic E-state index is 10.9. The van der Waals surface area contributed by atoms with Gasteiger partial charge in [0.05, 0.1) is 13.2 Å². The van der Waals surface area contributed by atoms with E-state index in [9.17, 15) is 4.79 Å². The first-order valence-electron chi connectivity index (χ1n) is 4.59. The number of hydrogen-bond acceptors (Lipinski definition) is 4. The summed E-state index contributed by atoms with van der Waals surface area (Å²) in [6.45, 7) is 7.34. The van der Waals surface area contributed by atoms with Crippen LogP contribution in [0.2, 0.25) is 0 Å². The zero-order valence-electron chi connectivity index (χ0n) is 9.62. The van der Waals surface area contributed by atoms with Gasteiger partial charge in [0.1, 0.15) is 6.61 Å². The molecule has 0 bridgehead atoms. The molecule has 15 heavy (non-hydrogen) atoms. The summed E-state index contributed by atoms with van der Waals surface area (Å²) in [4.78, 5) is 12.9. The van der Waals surface area contributed by atoms with Gasteiger partial charge in [0.15, 0.2) is 0 Å². The van der Waals surface area contributed by atoms with E-state index in [2.05, 4.69) is 6.58 Å². The Labute approximate surface area is 102 Å². The Bertz CT molecular complexity index is 195. The van der Waals surface area contributed by atoms with Crippen molar-refractivity contribution in [3.05, 3.63) is 12.2 Å². The fourth-order valence-electron chi connectivity index (χ4n) is 0.666. The molecule has 0 aromatic rings. The quantitative estimate of drug-likeness (QED) is 0.400. The number of hydrogen-bond donors (Lipinski definition) is 0. The first-order valence-corrected chi connectivity index (χ1v) is 4.59. The van der Waals surface area contributed by atoms with Gasteiger partial charge in [-0.15, -0.1) is 17.0 Å². The second-order valence-electron chi connectivity index (χ2n) is 3.33. The molecule has 0 aliphatic carbocycles. The Kier molecular flexibility index (Phi) is 11.5. The fourth-order valence-corrected chi connectivity index (χ4v) is 0.666. The SMILES string of the molecule is Br.C=C(C)C(=O)OCCOCCN(C)C. The van der Waals surface area contributed by atoms with Crippen LogP contribution < -0.4 is 0 Å². The third kappa shape index (κ3) is 11.5. The van der Waals surface area contributed by atoms with Crippen LogP contribution in [0.15, 0.2) is 12.2 Å². The maximum absolute atomic E-state index is 10.9. The highest BCUT2D eigenvalue weighted by Crippen LogP contribution is 1.91. The van der Waals surface area contributed by atoms with E-state index in [0.717, 1.165) is 6.54 Å². The molecule has 0 spiro atoms. The van der Waals surface area contributed by atoms with Gasteiger partial charge in [0.2, 0.25) is 0 Å². The summed E-state index contributed by atoms with van der Waals surface area (Å²) < 4.78 is 10.1. The number of ether oxygens (including phenoxy) is 2. The van der Waals surface area contributed by atoms with Gasteiger partial charge >= 0.3 is 5.97 Å². The van der Waals surface area contributed by atoms with E-state index in [-0.39, 0.29) is 23.0 Å². The number of likely N-dealkylation sites (N-methyl/N-ethyl adjacent to an activating group) is 1. The number of rotatable bonds is 7. The van der Waals surface area contributed by atoms with Crippen LogP contribution in [0.1, 0.15) is 6.92 Å². The molecule has 0 amide bonds. The van der Waals surface area contributed by atoms with Crippen molar-refractivity contribution >= 4 is 23.0 Å². The Morgan fingerprint density at radius 2 is 1.87 bits per heavy atom. The van der Waals surface area contributed by atoms with Crippen molar-refractivity contribution in [1.29, 1.82) is 0 Å². The van der Waals surface area contributed by atoms with Crippen molar-refractivity contribution in [3.8, 4) is 0 Å². The third-order valence-corrected chi connectivity index (χ3v) is 1.49. The van der Waals surface area contributed by atoms with E-state index in [4.69, 9.17) is 9.47 Å². The molecule has 0 saturated carbocycles. The number of esters is 1. The first kappa shape index (κ1) is 17.0. The summed E-state index contributed by atoms with van der Waals surface area (Å²) in [5, 5.41) is 0. The average Bonchev–Trinajstić information content (AvgIpc) is 2.09. The van der Waals surface area contributed by atoms with Gasteiger partial charge in [-0.3, -0.25) is 0 Å². The minimum Gasteiger partial charge on any atom is -0.460 e. The molecule has 0 atom stereocenters. The molecule has 0 aromatic heterocycles. The number of halogens is 1. The topological polar surface area (TPSA) is 38.8 Å². The first-order chi connectivity index (χ1) is 6.54. The van der Waals surface area contributed by atoms with Gasteiger partial charge in [0.25, 0.3) is 0 Å². The number of carbonyl (C=O) groups excluding carboxylic acids is 1. The molecule has 0 unspecified atom stereocenters. The van der Waals surface area contributed by atoms with E-state index in [0.29, 0.717) is 25.4 Å². The van der Waals surface area contributed by atoms with E-state index >= 15 is 0 Å². The molecular weight excluding hydrogens is 262 g/mol. The standard InChI is InChI=1S/C10H19NO3.BrH/c1-9(2)10(12)14-8-7-13-6-5-11(3)4;/h1,5-8H2,2-4H3;1H. The van der Waals surface area contributed by atoms with Crippen molar-refractivity contribution in [3.63, 3.8) is 0 Å². The largest absolute Gasteiger partial charge is 0.460 e. The van der Waals surface area contributed by atoms with Crippen LogP contribution in [0.5, 0.6) is 0 Å². The lowest BCUT2D eigenvalue weighted by atomic mass is 10.4. The monoisotopic (exact) mass is 281 g/mol. The molecule has 0 rings (SSSR count). The van der Waals surface area contributed by atoms with Crippen LogP contribution >= 0.6 is 17.0 Å². The van der Waals surface area contributed by atoms with E-state index in [1.54, 1.807) is 6.92 Å². The second-order valence-corrected chi connectivity index (χ2v) is 3.33. The van der Waals surface area contributed by atoms with Gasteiger partial charge in [-0.25, -0.2) is 4.79 Å². The molecule has 0 radical (unpaired) electrons. The Morgan fingerprint density at radius 3 is 2.33 bits per heavy atom. The minimum atomic E-state index is -0.360. The van der Waals surface area contributed by atoms with Gasteiger partial charge in [-0.1, -0.05) is 6.58 Å². The number of nitrogens with zero attached hydrogens (tertiary/aromatic N) is 1. The molecule has 0 aliphatic heterocycles. The zero-order chi connectivity index (χ0) is 11.0. The summed E-state index contributed by atoms with van der Waals surface area (Å²) in [7, 11) is 3.95. The summed E-state index contributed by atoms with van der Waals surface area (Å²) in [5.74, 6) is -0.360. The third-order valence-electron chi connectivity index (χ3n) is 1.49. The van der Waals surface area contributed by atoms with Crippen LogP contribution in [0.3, 0.4) is 0 Å². The lowest BCUT2D eigenvalue weighted by Gasteiger charge is -2.09. The van der Waals surface area contributed by atoms with Crippen molar-refractivity contribution < 1.29 is 14.3 Å². The molecular formula is C10H20BrNO3. The predicted molar refractivity (Wildman–Crippen MR) is 65.5 cm³/mol. The van der Waals surface area contributed by atoms with Crippen LogP contribution in [-0.2, 0) is 14.3 Å². The number of carbonyl (C=O) groups is 1. The van der Waals surface area contributed by atoms with E-state index in [1.165, 1.54) is 0 Å². The molecule has 5 heteroatoms. The Hall–Kier alpha value is -0.390. The summed E-state index contributed by atoms with van der Waals surface area (Å²) >= 11 is 0. The average molecular weight is 282 g/mol. The smallest absolute Gasteiger partial charge is 0.333 e. The van der Waals surface area contributed by atoms with Crippen molar-refractivity contribution in [2.45, 2.75) is 6.92 Å². The summed E-state index contributed by atoms with van der Waals surface area (Å²) in [6, 6.07) is 0. The molecule has 90 valence electrons. The van der Waals surface area contributed by atoms with Crippen LogP contribution in [0.25, 0.3) is 0 Å². The normalized spacial score (nSPS) is 9.60.